The van der Waals surface area contributed by atoms with E-state index in [1.54, 1.807) is 6.20 Å². The molecule has 2 N–H and O–H groups in total. The van der Waals surface area contributed by atoms with Crippen LogP contribution in [-0.4, -0.2) is 4.98 Å². The molecule has 0 saturated carbocycles. The quantitative estimate of drug-likeness (QED) is 0.858. The lowest BCUT2D eigenvalue weighted by Gasteiger charge is -2.08. The zero-order valence-electron chi connectivity index (χ0n) is 7.82. The first-order valence-electron chi connectivity index (χ1n) is 4.22. The summed E-state index contributed by atoms with van der Waals surface area (Å²) in [6.07, 6.45) is 5.47. The van der Waals surface area contributed by atoms with E-state index in [0.717, 1.165) is 23.0 Å². The molecule has 1 heterocycles. The van der Waals surface area contributed by atoms with Gasteiger partial charge in [0.15, 0.2) is 0 Å². The van der Waals surface area contributed by atoms with Crippen LogP contribution in [0, 0.1) is 0 Å². The van der Waals surface area contributed by atoms with Crippen LogP contribution in [0.25, 0.3) is 0 Å². The SMILES string of the molecule is C=CCC[C@H](N)c1ccc(Br)cn1.Cl. The number of pyridine rings is 1. The van der Waals surface area contributed by atoms with Gasteiger partial charge >= 0.3 is 0 Å². The van der Waals surface area contributed by atoms with Gasteiger partial charge in [-0.25, -0.2) is 0 Å². The lowest BCUT2D eigenvalue weighted by molar-refractivity contribution is 0.642. The van der Waals surface area contributed by atoms with Crippen LogP contribution in [0.4, 0.5) is 0 Å². The van der Waals surface area contributed by atoms with E-state index in [2.05, 4.69) is 27.5 Å². The molecule has 1 aromatic rings. The third-order valence-corrected chi connectivity index (χ3v) is 2.28. The third kappa shape index (κ3) is 4.22. The maximum atomic E-state index is 5.91. The lowest BCUT2D eigenvalue weighted by atomic mass is 10.1. The van der Waals surface area contributed by atoms with E-state index in [9.17, 15) is 0 Å². The number of aromatic nitrogens is 1. The van der Waals surface area contributed by atoms with Gasteiger partial charge in [-0.15, -0.1) is 19.0 Å². The average molecular weight is 278 g/mol. The predicted octanol–water partition coefficient (Wildman–Crippen LogP) is 3.23. The Bertz CT molecular complexity index is 274. The molecule has 0 bridgehead atoms. The summed E-state index contributed by atoms with van der Waals surface area (Å²) in [4.78, 5) is 4.22. The molecule has 0 spiro atoms. The van der Waals surface area contributed by atoms with Crippen molar-refractivity contribution >= 4 is 28.3 Å². The van der Waals surface area contributed by atoms with E-state index in [1.807, 2.05) is 18.2 Å². The van der Waals surface area contributed by atoms with E-state index >= 15 is 0 Å². The minimum atomic E-state index is 0. The Hall–Kier alpha value is -0.380. The molecule has 0 aliphatic heterocycles. The summed E-state index contributed by atoms with van der Waals surface area (Å²) in [5.74, 6) is 0. The molecule has 0 fully saturated rings. The van der Waals surface area contributed by atoms with Crippen LogP contribution < -0.4 is 5.73 Å². The normalized spacial score (nSPS) is 11.6. The number of hydrogen-bond acceptors (Lipinski definition) is 2. The largest absolute Gasteiger partial charge is 0.323 e. The molecular formula is C10H14BrClN2. The second-order valence-electron chi connectivity index (χ2n) is 2.87. The van der Waals surface area contributed by atoms with Crippen molar-refractivity contribution in [3.63, 3.8) is 0 Å². The molecule has 14 heavy (non-hydrogen) atoms. The van der Waals surface area contributed by atoms with Gasteiger partial charge in [0.1, 0.15) is 0 Å². The Morgan fingerprint density at radius 2 is 2.29 bits per heavy atom. The van der Waals surface area contributed by atoms with Crippen molar-refractivity contribution in [1.29, 1.82) is 0 Å². The first kappa shape index (κ1) is 13.6. The van der Waals surface area contributed by atoms with Gasteiger partial charge in [-0.2, -0.15) is 0 Å². The molecular weight excluding hydrogens is 263 g/mol. The summed E-state index contributed by atoms with van der Waals surface area (Å²) in [6, 6.07) is 3.92. The van der Waals surface area contributed by atoms with Crippen LogP contribution in [-0.2, 0) is 0 Å². The molecule has 0 amide bonds. The molecule has 0 saturated heterocycles. The molecule has 2 nitrogen and oxygen atoms in total. The smallest absolute Gasteiger partial charge is 0.0571 e. The first-order valence-corrected chi connectivity index (χ1v) is 5.01. The van der Waals surface area contributed by atoms with E-state index in [-0.39, 0.29) is 18.4 Å². The number of nitrogens with zero attached hydrogens (tertiary/aromatic N) is 1. The van der Waals surface area contributed by atoms with Crippen molar-refractivity contribution in [2.24, 2.45) is 5.73 Å². The maximum absolute atomic E-state index is 5.91. The van der Waals surface area contributed by atoms with Gasteiger partial charge in [0.25, 0.3) is 0 Å². The van der Waals surface area contributed by atoms with E-state index in [4.69, 9.17) is 5.73 Å². The molecule has 4 heteroatoms. The van der Waals surface area contributed by atoms with Gasteiger partial charge in [0, 0.05) is 16.7 Å². The lowest BCUT2D eigenvalue weighted by Crippen LogP contribution is -2.11. The van der Waals surface area contributed by atoms with Gasteiger partial charge in [-0.1, -0.05) is 6.08 Å². The molecule has 0 aliphatic carbocycles. The van der Waals surface area contributed by atoms with Gasteiger partial charge in [0.2, 0.25) is 0 Å². The number of rotatable bonds is 4. The van der Waals surface area contributed by atoms with Crippen LogP contribution in [0.15, 0.2) is 35.5 Å². The number of allylic oxidation sites excluding steroid dienone is 1. The molecule has 0 radical (unpaired) electrons. The Balaban J connectivity index is 0.00000169. The molecule has 1 rings (SSSR count). The fraction of sp³-hybridized carbons (Fsp3) is 0.300. The Morgan fingerprint density at radius 1 is 1.57 bits per heavy atom. The highest BCUT2D eigenvalue weighted by Gasteiger charge is 2.05. The molecule has 0 aromatic carbocycles. The minimum Gasteiger partial charge on any atom is -0.323 e. The zero-order chi connectivity index (χ0) is 9.68. The summed E-state index contributed by atoms with van der Waals surface area (Å²) in [7, 11) is 0. The molecule has 0 unspecified atom stereocenters. The highest BCUT2D eigenvalue weighted by atomic mass is 79.9. The molecule has 78 valence electrons. The summed E-state index contributed by atoms with van der Waals surface area (Å²) < 4.78 is 0.979. The Morgan fingerprint density at radius 3 is 2.79 bits per heavy atom. The average Bonchev–Trinajstić information content (AvgIpc) is 2.15. The van der Waals surface area contributed by atoms with Crippen LogP contribution in [0.5, 0.6) is 0 Å². The minimum absolute atomic E-state index is 0. The van der Waals surface area contributed by atoms with Gasteiger partial charge in [-0.05, 0) is 40.9 Å². The van der Waals surface area contributed by atoms with Gasteiger partial charge < -0.3 is 5.73 Å². The fourth-order valence-corrected chi connectivity index (χ4v) is 1.29. The highest BCUT2D eigenvalue weighted by Crippen LogP contribution is 2.15. The first-order chi connectivity index (χ1) is 6.24. The summed E-state index contributed by atoms with van der Waals surface area (Å²) >= 11 is 3.33. The van der Waals surface area contributed by atoms with E-state index in [1.165, 1.54) is 0 Å². The zero-order valence-corrected chi connectivity index (χ0v) is 10.2. The van der Waals surface area contributed by atoms with Crippen molar-refractivity contribution in [2.75, 3.05) is 0 Å². The molecule has 0 aliphatic rings. The summed E-state index contributed by atoms with van der Waals surface area (Å²) in [5, 5.41) is 0. The standard InChI is InChI=1S/C10H13BrN2.ClH/c1-2-3-4-9(12)10-6-5-8(11)7-13-10;/h2,5-7,9H,1,3-4,12H2;1H/t9-;/m0./s1. The van der Waals surface area contributed by atoms with Crippen LogP contribution in [0.1, 0.15) is 24.6 Å². The maximum Gasteiger partial charge on any atom is 0.0571 e. The monoisotopic (exact) mass is 276 g/mol. The Labute approximate surface area is 99.1 Å². The summed E-state index contributed by atoms with van der Waals surface area (Å²) in [6.45, 7) is 3.66. The van der Waals surface area contributed by atoms with Crippen molar-refractivity contribution in [2.45, 2.75) is 18.9 Å². The molecule has 1 aromatic heterocycles. The Kier molecular flexibility index (Phi) is 6.79. The second kappa shape index (κ2) is 6.98. The van der Waals surface area contributed by atoms with Crippen molar-refractivity contribution < 1.29 is 0 Å². The van der Waals surface area contributed by atoms with Gasteiger partial charge in [-0.3, -0.25) is 4.98 Å². The number of halogens is 2. The molecule has 1 atom stereocenters. The summed E-state index contributed by atoms with van der Waals surface area (Å²) in [5.41, 5.74) is 6.84. The van der Waals surface area contributed by atoms with Crippen LogP contribution in [0.2, 0.25) is 0 Å². The predicted molar refractivity (Wildman–Crippen MR) is 65.5 cm³/mol. The van der Waals surface area contributed by atoms with Crippen LogP contribution >= 0.6 is 28.3 Å². The van der Waals surface area contributed by atoms with Crippen LogP contribution in [0.3, 0.4) is 0 Å². The van der Waals surface area contributed by atoms with Crippen molar-refractivity contribution in [1.82, 2.24) is 4.98 Å². The van der Waals surface area contributed by atoms with Gasteiger partial charge in [0.05, 0.1) is 5.69 Å². The number of hydrogen-bond donors (Lipinski definition) is 1. The second-order valence-corrected chi connectivity index (χ2v) is 3.79. The number of nitrogens with two attached hydrogens (primary N) is 1. The van der Waals surface area contributed by atoms with Crippen molar-refractivity contribution in [3.8, 4) is 0 Å². The fourth-order valence-electron chi connectivity index (χ4n) is 1.05. The third-order valence-electron chi connectivity index (χ3n) is 1.81. The van der Waals surface area contributed by atoms with E-state index < -0.39 is 0 Å². The topological polar surface area (TPSA) is 38.9 Å². The van der Waals surface area contributed by atoms with Crippen molar-refractivity contribution in [3.05, 3.63) is 41.2 Å². The van der Waals surface area contributed by atoms with E-state index in [0.29, 0.717) is 0 Å². The highest BCUT2D eigenvalue weighted by molar-refractivity contribution is 9.10.